The Hall–Kier alpha value is -0.120. The predicted octanol–water partition coefficient (Wildman–Crippen LogP) is -0.313. The second-order valence-electron chi connectivity index (χ2n) is 1.98. The van der Waals surface area contributed by atoms with Crippen LogP contribution < -0.4 is 5.32 Å². The highest BCUT2D eigenvalue weighted by atomic mass is 16.3. The lowest BCUT2D eigenvalue weighted by atomic mass is 10.3. The van der Waals surface area contributed by atoms with E-state index in [9.17, 15) is 0 Å². The number of aliphatic hydroxyl groups is 2. The zero-order valence-electron chi connectivity index (χ0n) is 5.80. The zero-order valence-corrected chi connectivity index (χ0v) is 5.80. The van der Waals surface area contributed by atoms with Gasteiger partial charge in [0, 0.05) is 6.54 Å². The van der Waals surface area contributed by atoms with Crippen molar-refractivity contribution in [3.8, 4) is 0 Å². The number of aliphatic hydroxyl groups excluding tert-OH is 2. The molecule has 0 heterocycles. The molecular weight excluding hydrogens is 118 g/mol. The van der Waals surface area contributed by atoms with Gasteiger partial charge >= 0.3 is 0 Å². The van der Waals surface area contributed by atoms with Crippen molar-refractivity contribution in [2.75, 3.05) is 13.2 Å². The molecule has 0 radical (unpaired) electrons. The third-order valence-electron chi connectivity index (χ3n) is 1.05. The molecule has 0 saturated carbocycles. The molecule has 0 aromatic carbocycles. The van der Waals surface area contributed by atoms with E-state index < -0.39 is 6.23 Å². The van der Waals surface area contributed by atoms with Crippen molar-refractivity contribution in [1.82, 2.24) is 5.32 Å². The predicted molar refractivity (Wildman–Crippen MR) is 36.0 cm³/mol. The van der Waals surface area contributed by atoms with E-state index in [1.165, 1.54) is 0 Å². The minimum absolute atomic E-state index is 0.0841. The summed E-state index contributed by atoms with van der Waals surface area (Å²) in [6, 6.07) is 0. The topological polar surface area (TPSA) is 52.5 Å². The molecule has 1 unspecified atom stereocenters. The van der Waals surface area contributed by atoms with E-state index in [-0.39, 0.29) is 6.61 Å². The Morgan fingerprint density at radius 3 is 2.67 bits per heavy atom. The van der Waals surface area contributed by atoms with Crippen LogP contribution in [-0.2, 0) is 0 Å². The molecule has 1 atom stereocenters. The zero-order chi connectivity index (χ0) is 7.11. The fourth-order valence-electron chi connectivity index (χ4n) is 0.607. The summed E-state index contributed by atoms with van der Waals surface area (Å²) in [6.45, 7) is 2.56. The number of hydrogen-bond acceptors (Lipinski definition) is 3. The number of nitrogens with one attached hydrogen (secondary N) is 1. The summed E-state index contributed by atoms with van der Waals surface area (Å²) in [5.74, 6) is 0. The fraction of sp³-hybridized carbons (Fsp3) is 1.00. The highest BCUT2D eigenvalue weighted by Gasteiger charge is 1.97. The maximum atomic E-state index is 8.96. The normalized spacial score (nSPS) is 13.7. The van der Waals surface area contributed by atoms with E-state index in [1.807, 2.05) is 6.92 Å². The van der Waals surface area contributed by atoms with Crippen LogP contribution in [0, 0.1) is 0 Å². The van der Waals surface area contributed by atoms with Crippen molar-refractivity contribution >= 4 is 0 Å². The summed E-state index contributed by atoms with van der Waals surface area (Å²) < 4.78 is 0. The van der Waals surface area contributed by atoms with Crippen LogP contribution in [0.5, 0.6) is 0 Å². The highest BCUT2D eigenvalue weighted by Crippen LogP contribution is 1.89. The van der Waals surface area contributed by atoms with Crippen molar-refractivity contribution in [3.63, 3.8) is 0 Å². The molecule has 0 saturated heterocycles. The van der Waals surface area contributed by atoms with Crippen LogP contribution in [-0.4, -0.2) is 29.6 Å². The molecule has 0 bridgehead atoms. The standard InChI is InChI=1S/C6H15NO2/c1-2-3-6(9)7-4-5-8/h6-9H,2-5H2,1H3. The van der Waals surface area contributed by atoms with Gasteiger partial charge in [-0.15, -0.1) is 0 Å². The lowest BCUT2D eigenvalue weighted by Crippen LogP contribution is -2.30. The number of rotatable bonds is 5. The van der Waals surface area contributed by atoms with Crippen molar-refractivity contribution in [2.24, 2.45) is 0 Å². The minimum Gasteiger partial charge on any atom is -0.395 e. The fourth-order valence-corrected chi connectivity index (χ4v) is 0.607. The molecule has 3 N–H and O–H groups in total. The van der Waals surface area contributed by atoms with Gasteiger partial charge in [-0.1, -0.05) is 13.3 Å². The Kier molecular flexibility index (Phi) is 5.93. The molecule has 0 aliphatic heterocycles. The van der Waals surface area contributed by atoms with Crippen LogP contribution in [0.1, 0.15) is 19.8 Å². The highest BCUT2D eigenvalue weighted by molar-refractivity contribution is 4.50. The van der Waals surface area contributed by atoms with Gasteiger partial charge in [0.25, 0.3) is 0 Å². The summed E-state index contributed by atoms with van der Waals surface area (Å²) in [5, 5.41) is 20.0. The molecule has 0 amide bonds. The monoisotopic (exact) mass is 133 g/mol. The summed E-state index contributed by atoms with van der Waals surface area (Å²) >= 11 is 0. The molecule has 3 heteroatoms. The molecule has 3 nitrogen and oxygen atoms in total. The largest absolute Gasteiger partial charge is 0.395 e. The van der Waals surface area contributed by atoms with Crippen LogP contribution >= 0.6 is 0 Å². The van der Waals surface area contributed by atoms with Crippen molar-refractivity contribution in [3.05, 3.63) is 0 Å². The molecule has 0 aliphatic carbocycles. The van der Waals surface area contributed by atoms with Crippen LogP contribution in [0.4, 0.5) is 0 Å². The second-order valence-corrected chi connectivity index (χ2v) is 1.98. The Morgan fingerprint density at radius 1 is 1.56 bits per heavy atom. The van der Waals surface area contributed by atoms with Crippen LogP contribution in [0.25, 0.3) is 0 Å². The van der Waals surface area contributed by atoms with Gasteiger partial charge in [0.2, 0.25) is 0 Å². The van der Waals surface area contributed by atoms with E-state index in [1.54, 1.807) is 0 Å². The molecule has 0 aromatic heterocycles. The summed E-state index contributed by atoms with van der Waals surface area (Å²) in [7, 11) is 0. The Labute approximate surface area is 55.7 Å². The quantitative estimate of drug-likeness (QED) is 0.451. The van der Waals surface area contributed by atoms with E-state index in [0.29, 0.717) is 6.54 Å². The number of hydrogen-bond donors (Lipinski definition) is 3. The molecule has 0 aromatic rings. The maximum absolute atomic E-state index is 8.96. The minimum atomic E-state index is -0.442. The van der Waals surface area contributed by atoms with Crippen LogP contribution in [0.2, 0.25) is 0 Å². The van der Waals surface area contributed by atoms with Gasteiger partial charge in [0.05, 0.1) is 6.61 Å². The molecular formula is C6H15NO2. The Morgan fingerprint density at radius 2 is 2.22 bits per heavy atom. The first kappa shape index (κ1) is 8.88. The lowest BCUT2D eigenvalue weighted by Gasteiger charge is -2.08. The average molecular weight is 133 g/mol. The summed E-state index contributed by atoms with van der Waals surface area (Å²) in [4.78, 5) is 0. The molecule has 0 spiro atoms. The molecule has 0 rings (SSSR count). The van der Waals surface area contributed by atoms with E-state index >= 15 is 0 Å². The molecule has 9 heavy (non-hydrogen) atoms. The first-order chi connectivity index (χ1) is 4.31. The Bertz CT molecular complexity index is 59.0. The van der Waals surface area contributed by atoms with Gasteiger partial charge in [0.1, 0.15) is 6.23 Å². The van der Waals surface area contributed by atoms with Crippen molar-refractivity contribution in [1.29, 1.82) is 0 Å². The van der Waals surface area contributed by atoms with Gasteiger partial charge < -0.3 is 10.2 Å². The van der Waals surface area contributed by atoms with E-state index in [0.717, 1.165) is 12.8 Å². The average Bonchev–Trinajstić information content (AvgIpc) is 1.85. The van der Waals surface area contributed by atoms with E-state index in [2.05, 4.69) is 5.32 Å². The van der Waals surface area contributed by atoms with Crippen molar-refractivity contribution < 1.29 is 10.2 Å². The van der Waals surface area contributed by atoms with Gasteiger partial charge in [-0.25, -0.2) is 0 Å². The van der Waals surface area contributed by atoms with Gasteiger partial charge in [-0.3, -0.25) is 5.32 Å². The van der Waals surface area contributed by atoms with E-state index in [4.69, 9.17) is 10.2 Å². The van der Waals surface area contributed by atoms with Gasteiger partial charge in [-0.2, -0.15) is 0 Å². The van der Waals surface area contributed by atoms with Gasteiger partial charge in [0.15, 0.2) is 0 Å². The molecule has 56 valence electrons. The summed E-state index contributed by atoms with van der Waals surface area (Å²) in [5.41, 5.74) is 0. The third kappa shape index (κ3) is 5.76. The molecule has 0 fully saturated rings. The SMILES string of the molecule is CCCC(O)NCCO. The van der Waals surface area contributed by atoms with Gasteiger partial charge in [-0.05, 0) is 6.42 Å². The first-order valence-electron chi connectivity index (χ1n) is 3.33. The van der Waals surface area contributed by atoms with Crippen LogP contribution in [0.3, 0.4) is 0 Å². The van der Waals surface area contributed by atoms with Crippen LogP contribution in [0.15, 0.2) is 0 Å². The summed E-state index contributed by atoms with van der Waals surface area (Å²) in [6.07, 6.45) is 1.27. The second kappa shape index (κ2) is 6.01. The lowest BCUT2D eigenvalue weighted by molar-refractivity contribution is 0.118. The smallest absolute Gasteiger partial charge is 0.104 e. The maximum Gasteiger partial charge on any atom is 0.104 e. The van der Waals surface area contributed by atoms with Crippen molar-refractivity contribution in [2.45, 2.75) is 26.0 Å². The third-order valence-corrected chi connectivity index (χ3v) is 1.05. The first-order valence-corrected chi connectivity index (χ1v) is 3.33. The Balaban J connectivity index is 2.95. The molecule has 0 aliphatic rings.